The average molecular weight is 309 g/mol. The zero-order chi connectivity index (χ0) is 14.9. The third-order valence-corrected chi connectivity index (χ3v) is 8.36. The molecule has 0 aliphatic rings. The van der Waals surface area contributed by atoms with Crippen LogP contribution in [0, 0.1) is 0 Å². The van der Waals surface area contributed by atoms with Crippen LogP contribution < -0.4 is 4.50 Å². The van der Waals surface area contributed by atoms with Crippen molar-refractivity contribution in [1.29, 1.82) is 0 Å². The molecule has 0 aliphatic heterocycles. The van der Waals surface area contributed by atoms with Gasteiger partial charge in [0.1, 0.15) is 0 Å². The van der Waals surface area contributed by atoms with Gasteiger partial charge in [0, 0.05) is 10.4 Å². The molecule has 0 unspecified atom stereocenters. The van der Waals surface area contributed by atoms with E-state index in [0.29, 0.717) is 0 Å². The quantitative estimate of drug-likeness (QED) is 0.550. The SMILES string of the molecule is C[Si](C)(C)c1cc(-c2ccccc2)c(-c2ccccc2)s1. The molecule has 0 nitrogen and oxygen atoms in total. The van der Waals surface area contributed by atoms with Crippen molar-refractivity contribution in [3.05, 3.63) is 66.7 Å². The number of hydrogen-bond acceptors (Lipinski definition) is 1. The molecule has 1 heterocycles. The number of benzene rings is 2. The molecule has 0 saturated heterocycles. The van der Waals surface area contributed by atoms with Gasteiger partial charge in [0.15, 0.2) is 0 Å². The zero-order valence-corrected chi connectivity index (χ0v) is 14.6. The van der Waals surface area contributed by atoms with Crippen molar-refractivity contribution >= 4 is 23.9 Å². The van der Waals surface area contributed by atoms with Crippen LogP contribution in [0.4, 0.5) is 0 Å². The van der Waals surface area contributed by atoms with Crippen LogP contribution in [0.1, 0.15) is 0 Å². The Bertz CT molecular complexity index is 664. The molecular weight excluding hydrogens is 288 g/mol. The van der Waals surface area contributed by atoms with Crippen molar-refractivity contribution in [2.24, 2.45) is 0 Å². The van der Waals surface area contributed by atoms with Gasteiger partial charge in [0.25, 0.3) is 0 Å². The lowest BCUT2D eigenvalue weighted by Gasteiger charge is -2.12. The van der Waals surface area contributed by atoms with Crippen LogP contribution >= 0.6 is 11.3 Å². The fourth-order valence-corrected chi connectivity index (χ4v) is 5.44. The summed E-state index contributed by atoms with van der Waals surface area (Å²) in [6.07, 6.45) is 0. The molecule has 21 heavy (non-hydrogen) atoms. The van der Waals surface area contributed by atoms with Crippen LogP contribution in [0.25, 0.3) is 21.6 Å². The summed E-state index contributed by atoms with van der Waals surface area (Å²) in [6.45, 7) is 7.26. The maximum Gasteiger partial charge on any atom is 0.0904 e. The van der Waals surface area contributed by atoms with Crippen LogP contribution in [0.5, 0.6) is 0 Å². The largest absolute Gasteiger partial charge is 0.144 e. The third-order valence-electron chi connectivity index (χ3n) is 3.59. The minimum absolute atomic E-state index is 1.29. The van der Waals surface area contributed by atoms with E-state index in [2.05, 4.69) is 86.4 Å². The first-order valence-corrected chi connectivity index (χ1v) is 11.6. The topological polar surface area (TPSA) is 0 Å². The summed E-state index contributed by atoms with van der Waals surface area (Å²) in [4.78, 5) is 1.40. The standard InChI is InChI=1S/C19H20SSi/c1-21(2,3)18-14-17(15-10-6-4-7-11-15)19(20-18)16-12-8-5-9-13-16/h4-14H,1-3H3. The van der Waals surface area contributed by atoms with E-state index in [1.807, 2.05) is 11.3 Å². The highest BCUT2D eigenvalue weighted by Gasteiger charge is 2.22. The van der Waals surface area contributed by atoms with Gasteiger partial charge in [-0.25, -0.2) is 0 Å². The summed E-state index contributed by atoms with van der Waals surface area (Å²) >= 11 is 1.98. The van der Waals surface area contributed by atoms with Crippen LogP contribution in [0.2, 0.25) is 19.6 Å². The first-order chi connectivity index (χ1) is 10.1. The van der Waals surface area contributed by atoms with Crippen LogP contribution in [-0.2, 0) is 0 Å². The Kier molecular flexibility index (Phi) is 3.83. The van der Waals surface area contributed by atoms with Gasteiger partial charge in [-0.1, -0.05) is 80.3 Å². The molecule has 0 bridgehead atoms. The minimum Gasteiger partial charge on any atom is -0.144 e. The molecule has 106 valence electrons. The van der Waals surface area contributed by atoms with Gasteiger partial charge in [0.2, 0.25) is 0 Å². The van der Waals surface area contributed by atoms with Gasteiger partial charge in [-0.3, -0.25) is 0 Å². The Labute approximate surface area is 132 Å². The molecular formula is C19H20SSi. The van der Waals surface area contributed by atoms with E-state index >= 15 is 0 Å². The van der Waals surface area contributed by atoms with E-state index in [0.717, 1.165) is 0 Å². The predicted molar refractivity (Wildman–Crippen MR) is 98.2 cm³/mol. The van der Waals surface area contributed by atoms with Gasteiger partial charge in [-0.15, -0.1) is 11.3 Å². The summed E-state index contributed by atoms with van der Waals surface area (Å²) in [5.74, 6) is 0. The number of rotatable bonds is 3. The Morgan fingerprint density at radius 2 is 1.24 bits per heavy atom. The van der Waals surface area contributed by atoms with E-state index < -0.39 is 8.07 Å². The fraction of sp³-hybridized carbons (Fsp3) is 0.158. The highest BCUT2D eigenvalue weighted by atomic mass is 32.1. The highest BCUT2D eigenvalue weighted by Crippen LogP contribution is 2.36. The van der Waals surface area contributed by atoms with Crippen molar-refractivity contribution in [1.82, 2.24) is 0 Å². The molecule has 0 aliphatic carbocycles. The Morgan fingerprint density at radius 1 is 0.714 bits per heavy atom. The van der Waals surface area contributed by atoms with Crippen molar-refractivity contribution < 1.29 is 0 Å². The molecule has 0 N–H and O–H groups in total. The molecule has 0 spiro atoms. The maximum absolute atomic E-state index is 2.43. The summed E-state index contributed by atoms with van der Waals surface area (Å²) in [6, 6.07) is 23.9. The molecule has 2 heteroatoms. The van der Waals surface area contributed by atoms with E-state index in [4.69, 9.17) is 0 Å². The molecule has 2 aromatic carbocycles. The van der Waals surface area contributed by atoms with Gasteiger partial charge in [-0.2, -0.15) is 0 Å². The van der Waals surface area contributed by atoms with Crippen LogP contribution in [0.3, 0.4) is 0 Å². The van der Waals surface area contributed by atoms with E-state index in [1.54, 1.807) is 4.50 Å². The van der Waals surface area contributed by atoms with E-state index in [1.165, 1.54) is 21.6 Å². The summed E-state index contributed by atoms with van der Waals surface area (Å²) < 4.78 is 1.57. The van der Waals surface area contributed by atoms with E-state index in [-0.39, 0.29) is 0 Å². The van der Waals surface area contributed by atoms with Gasteiger partial charge in [0.05, 0.1) is 8.07 Å². The second-order valence-corrected chi connectivity index (χ2v) is 12.8. The number of thiophene rings is 1. The lowest BCUT2D eigenvalue weighted by Crippen LogP contribution is -2.34. The molecule has 0 fully saturated rings. The maximum atomic E-state index is 2.43. The van der Waals surface area contributed by atoms with Crippen molar-refractivity contribution in [3.63, 3.8) is 0 Å². The van der Waals surface area contributed by atoms with Crippen LogP contribution in [-0.4, -0.2) is 8.07 Å². The normalized spacial score (nSPS) is 11.6. The molecule has 0 atom stereocenters. The summed E-state index contributed by atoms with van der Waals surface area (Å²) in [5.41, 5.74) is 4.02. The summed E-state index contributed by atoms with van der Waals surface area (Å²) in [5, 5.41) is 0. The Balaban J connectivity index is 2.20. The zero-order valence-electron chi connectivity index (χ0n) is 12.8. The second kappa shape index (κ2) is 5.62. The molecule has 1 aromatic heterocycles. The van der Waals surface area contributed by atoms with Crippen molar-refractivity contribution in [2.45, 2.75) is 19.6 Å². The monoisotopic (exact) mass is 308 g/mol. The third kappa shape index (κ3) is 3.02. The van der Waals surface area contributed by atoms with Gasteiger partial charge >= 0.3 is 0 Å². The summed E-state index contributed by atoms with van der Waals surface area (Å²) in [7, 11) is -1.29. The molecule has 3 rings (SSSR count). The second-order valence-electron chi connectivity index (χ2n) is 6.34. The fourth-order valence-electron chi connectivity index (χ4n) is 2.40. The molecule has 0 radical (unpaired) electrons. The first-order valence-electron chi connectivity index (χ1n) is 7.31. The predicted octanol–water partition coefficient (Wildman–Crippen LogP) is 5.63. The van der Waals surface area contributed by atoms with Crippen molar-refractivity contribution in [3.8, 4) is 21.6 Å². The van der Waals surface area contributed by atoms with Crippen molar-refractivity contribution in [2.75, 3.05) is 0 Å². The molecule has 0 amide bonds. The highest BCUT2D eigenvalue weighted by molar-refractivity contribution is 7.29. The smallest absolute Gasteiger partial charge is 0.0904 e. The van der Waals surface area contributed by atoms with Gasteiger partial charge in [-0.05, 0) is 21.7 Å². The Hall–Kier alpha value is -1.64. The van der Waals surface area contributed by atoms with Gasteiger partial charge < -0.3 is 0 Å². The lowest BCUT2D eigenvalue weighted by atomic mass is 10.0. The molecule has 3 aromatic rings. The minimum atomic E-state index is -1.29. The Morgan fingerprint density at radius 3 is 1.76 bits per heavy atom. The van der Waals surface area contributed by atoms with E-state index in [9.17, 15) is 0 Å². The number of hydrogen-bond donors (Lipinski definition) is 0. The molecule has 0 saturated carbocycles. The average Bonchev–Trinajstić information content (AvgIpc) is 2.94. The first kappa shape index (κ1) is 14.3. The van der Waals surface area contributed by atoms with Crippen LogP contribution in [0.15, 0.2) is 66.7 Å². The lowest BCUT2D eigenvalue weighted by molar-refractivity contribution is 1.65.